The normalized spacial score (nSPS) is 58.2. The number of fused-ring (bicyclic) bond motifs is 5. The van der Waals surface area contributed by atoms with E-state index >= 15 is 0 Å². The fourth-order valence-electron chi connectivity index (χ4n) is 7.38. The molecule has 0 aliphatic heterocycles. The maximum atomic E-state index is 12.3. The second-order valence-corrected chi connectivity index (χ2v) is 12.7. The summed E-state index contributed by atoms with van der Waals surface area (Å²) in [5.74, 6) is -7.12. The molecule has 4 aliphatic rings. The number of rotatable bonds is 7. The molecule has 0 spiro atoms. The Morgan fingerprint density at radius 3 is 2.54 bits per heavy atom. The molecular weight excluding hydrogens is 477 g/mol. The third-order valence-electron chi connectivity index (χ3n) is 9.25. The minimum Gasteiger partial charge on any atom is -0.748 e. The number of hydrogen-bond acceptors (Lipinski definition) is 6. The van der Waals surface area contributed by atoms with Crippen LogP contribution in [0.5, 0.6) is 0 Å². The summed E-state index contributed by atoms with van der Waals surface area (Å²) in [5, 5.41) is 25.0. The van der Waals surface area contributed by atoms with Crippen molar-refractivity contribution >= 4 is 16.0 Å². The quantitative estimate of drug-likeness (QED) is 0.316. The summed E-state index contributed by atoms with van der Waals surface area (Å²) in [6, 6.07) is 0. The Morgan fingerprint density at radius 2 is 1.86 bits per heavy atom. The summed E-state index contributed by atoms with van der Waals surface area (Å²) >= 11 is 0. The van der Waals surface area contributed by atoms with Crippen LogP contribution < -0.4 is 34.9 Å². The molecule has 0 aromatic carbocycles. The second kappa shape index (κ2) is 11.2. The summed E-state index contributed by atoms with van der Waals surface area (Å²) in [7, 11) is -4.46. The van der Waals surface area contributed by atoms with Gasteiger partial charge in [0.15, 0.2) is 0 Å². The molecule has 1 amide bonds. The Balaban J connectivity index is 0.00000529. The van der Waals surface area contributed by atoms with Crippen molar-refractivity contribution in [1.29, 1.82) is 0 Å². The van der Waals surface area contributed by atoms with Gasteiger partial charge in [0.05, 0.1) is 30.8 Å². The van der Waals surface area contributed by atoms with Crippen molar-refractivity contribution in [2.75, 3.05) is 12.3 Å². The Bertz CT molecular complexity index is 1260. The number of hydrogen-bond donors (Lipinski definition) is 3. The van der Waals surface area contributed by atoms with Gasteiger partial charge in [-0.05, 0) is 104 Å². The van der Waals surface area contributed by atoms with Gasteiger partial charge in [-0.25, -0.2) is 8.42 Å². The van der Waals surface area contributed by atoms with Gasteiger partial charge in [0.2, 0.25) is 5.91 Å². The molecule has 0 aromatic heterocycles. The van der Waals surface area contributed by atoms with E-state index in [4.69, 9.17) is 11.0 Å². The van der Waals surface area contributed by atoms with E-state index in [0.717, 1.165) is 0 Å². The van der Waals surface area contributed by atoms with Crippen LogP contribution in [-0.2, 0) is 14.9 Å². The number of amides is 1. The van der Waals surface area contributed by atoms with Gasteiger partial charge in [0, 0.05) is 22.6 Å². The second-order valence-electron chi connectivity index (χ2n) is 11.2. The van der Waals surface area contributed by atoms with E-state index in [1.54, 1.807) is 0 Å². The van der Waals surface area contributed by atoms with Gasteiger partial charge in [-0.15, -0.1) is 0 Å². The average Bonchev–Trinajstić information content (AvgIpc) is 3.17. The van der Waals surface area contributed by atoms with Crippen molar-refractivity contribution in [3.8, 4) is 0 Å². The fourth-order valence-corrected chi connectivity index (χ4v) is 7.73. The number of carbonyl (C=O) groups excluding carboxylic acids is 1. The molecule has 0 aromatic rings. The summed E-state index contributed by atoms with van der Waals surface area (Å²) in [5.41, 5.74) is -2.28. The Hall–Kier alpha value is 0.300. The zero-order chi connectivity index (χ0) is 33.0. The van der Waals surface area contributed by atoms with E-state index in [-0.39, 0.29) is 60.8 Å². The first-order valence-corrected chi connectivity index (χ1v) is 13.9. The van der Waals surface area contributed by atoms with E-state index in [1.165, 1.54) is 6.92 Å². The Kier molecular flexibility index (Phi) is 6.19. The van der Waals surface area contributed by atoms with Gasteiger partial charge in [0.25, 0.3) is 0 Å². The smallest absolute Gasteiger partial charge is 0.748 e. The molecule has 4 aliphatic carbocycles. The molecule has 9 heteroatoms. The molecule has 4 rings (SSSR count). The third kappa shape index (κ3) is 5.99. The van der Waals surface area contributed by atoms with E-state index in [1.807, 2.05) is 13.8 Å². The Labute approximate surface area is 246 Å². The SMILES string of the molecule is [2H]C1([2H])C[C@]2(C)[C@H]3CC[C@]4(C)[C@@H]([C@H](C)CCC(=O)NCCS(=O)(=O)[O-])CC[C@H]4[C@]3([2H])[C@]([2H])(O)C([2H])([2H])[C@@H]2C([2H])([2H])[C@]1([2H])O.[Na+]. The minimum atomic E-state index is -4.46. The van der Waals surface area contributed by atoms with Gasteiger partial charge in [-0.2, -0.15) is 0 Å². The predicted octanol–water partition coefficient (Wildman–Crippen LogP) is 0.0587. The van der Waals surface area contributed by atoms with Crippen molar-refractivity contribution in [2.24, 2.45) is 46.3 Å². The molecule has 35 heavy (non-hydrogen) atoms. The van der Waals surface area contributed by atoms with E-state index < -0.39 is 94.0 Å². The number of nitrogens with one attached hydrogen (secondary N) is 1. The molecule has 0 radical (unpaired) electrons. The molecule has 0 bridgehead atoms. The van der Waals surface area contributed by atoms with Gasteiger partial charge in [0.1, 0.15) is 0 Å². The largest absolute Gasteiger partial charge is 1.00 e. The van der Waals surface area contributed by atoms with E-state index in [2.05, 4.69) is 5.32 Å². The molecule has 4 fully saturated rings. The van der Waals surface area contributed by atoms with Crippen molar-refractivity contribution in [2.45, 2.75) is 97.0 Å². The topological polar surface area (TPSA) is 127 Å². The molecule has 7 nitrogen and oxygen atoms in total. The minimum absolute atomic E-state index is 0. The van der Waals surface area contributed by atoms with Crippen molar-refractivity contribution < 1.29 is 69.9 Å². The molecular formula is C26H44NNaO6S. The van der Waals surface area contributed by atoms with Gasteiger partial charge in [-0.3, -0.25) is 4.79 Å². The average molecular weight is 531 g/mol. The fraction of sp³-hybridized carbons (Fsp3) is 0.962. The molecule has 10 atom stereocenters. The van der Waals surface area contributed by atoms with Crippen molar-refractivity contribution in [1.82, 2.24) is 5.32 Å². The summed E-state index contributed by atoms with van der Waals surface area (Å²) in [6.45, 7) is 5.08. The zero-order valence-corrected chi connectivity index (χ0v) is 24.0. The van der Waals surface area contributed by atoms with Gasteiger partial charge in [-0.1, -0.05) is 20.8 Å². The summed E-state index contributed by atoms with van der Waals surface area (Å²) < 4.78 is 112. The molecule has 0 unspecified atom stereocenters. The molecule has 0 saturated heterocycles. The number of carbonyl (C=O) groups is 1. The van der Waals surface area contributed by atoms with Crippen LogP contribution in [0.25, 0.3) is 0 Å². The monoisotopic (exact) mass is 530 g/mol. The first-order valence-electron chi connectivity index (χ1n) is 16.8. The molecule has 4 saturated carbocycles. The molecule has 0 heterocycles. The van der Waals surface area contributed by atoms with Crippen molar-refractivity contribution in [3.05, 3.63) is 0 Å². The van der Waals surface area contributed by atoms with Gasteiger partial charge >= 0.3 is 29.6 Å². The maximum Gasteiger partial charge on any atom is 1.00 e. The van der Waals surface area contributed by atoms with E-state index in [9.17, 15) is 29.3 Å². The predicted molar refractivity (Wildman–Crippen MR) is 129 cm³/mol. The van der Waals surface area contributed by atoms with Crippen LogP contribution in [0.4, 0.5) is 0 Å². The first-order chi connectivity index (χ1) is 19.2. The standard InChI is InChI=1S/C26H45NO6S.Na/c1-16(4-7-23(30)27-12-13-34(31,32)33)19-5-6-20-24-21(9-11-26(19,20)3)25(2)10-8-18(28)14-17(25)15-22(24)29;/h16-22,24,28-29H,4-15H2,1-3H3,(H,27,30)(H,31,32,33);/q;+1/p-1/t16-,17+,18-,19-,20+,21+,22-,24+,25+,26-;/m1./s1/i8D2,14D2,15D2,18D,22D,24D;. The summed E-state index contributed by atoms with van der Waals surface area (Å²) in [6.07, 6.45) is -14.2. The van der Waals surface area contributed by atoms with Crippen LogP contribution in [0.3, 0.4) is 0 Å². The van der Waals surface area contributed by atoms with E-state index in [0.29, 0.717) is 25.7 Å². The Morgan fingerprint density at radius 1 is 1.17 bits per heavy atom. The molecule has 3 N–H and O–H groups in total. The van der Waals surface area contributed by atoms with Crippen LogP contribution in [0.2, 0.25) is 0 Å². The van der Waals surface area contributed by atoms with Gasteiger partial charge < -0.3 is 20.1 Å². The van der Waals surface area contributed by atoms with Crippen LogP contribution in [0.1, 0.15) is 97.2 Å². The maximum absolute atomic E-state index is 12.3. The van der Waals surface area contributed by atoms with Crippen LogP contribution in [0.15, 0.2) is 0 Å². The van der Waals surface area contributed by atoms with Crippen molar-refractivity contribution in [3.63, 3.8) is 0 Å². The summed E-state index contributed by atoms with van der Waals surface area (Å²) in [4.78, 5) is 12.3. The van der Waals surface area contributed by atoms with Crippen LogP contribution >= 0.6 is 0 Å². The van der Waals surface area contributed by atoms with Crippen LogP contribution in [0, 0.1) is 46.3 Å². The van der Waals surface area contributed by atoms with Crippen LogP contribution in [-0.4, -0.2) is 53.5 Å². The first kappa shape index (κ1) is 19.4. The third-order valence-corrected chi connectivity index (χ3v) is 9.95. The molecule has 196 valence electrons. The number of aliphatic hydroxyl groups is 2. The zero-order valence-electron chi connectivity index (χ0n) is 30.2.